The SMILES string of the molecule is COC(=O)CNCC1CCC(C(C)(C)C)CC1. The molecule has 0 unspecified atom stereocenters. The van der Waals surface area contributed by atoms with Crippen LogP contribution in [-0.4, -0.2) is 26.2 Å². The highest BCUT2D eigenvalue weighted by Crippen LogP contribution is 2.39. The van der Waals surface area contributed by atoms with E-state index >= 15 is 0 Å². The molecular weight excluding hydrogens is 214 g/mol. The van der Waals surface area contributed by atoms with Crippen molar-refractivity contribution in [3.05, 3.63) is 0 Å². The lowest BCUT2D eigenvalue weighted by Gasteiger charge is -2.37. The van der Waals surface area contributed by atoms with Crippen LogP contribution in [0.1, 0.15) is 46.5 Å². The summed E-state index contributed by atoms with van der Waals surface area (Å²) in [5.74, 6) is 1.42. The highest BCUT2D eigenvalue weighted by Gasteiger charge is 2.29. The smallest absolute Gasteiger partial charge is 0.319 e. The van der Waals surface area contributed by atoms with Crippen molar-refractivity contribution in [2.45, 2.75) is 46.5 Å². The average Bonchev–Trinajstić information content (AvgIpc) is 2.28. The van der Waals surface area contributed by atoms with E-state index < -0.39 is 0 Å². The standard InChI is InChI=1S/C14H27NO2/c1-14(2,3)12-7-5-11(6-8-12)9-15-10-13(16)17-4/h11-12,15H,5-10H2,1-4H3. The van der Waals surface area contributed by atoms with Gasteiger partial charge >= 0.3 is 5.97 Å². The molecule has 17 heavy (non-hydrogen) atoms. The summed E-state index contributed by atoms with van der Waals surface area (Å²) in [6, 6.07) is 0. The van der Waals surface area contributed by atoms with Crippen LogP contribution in [0.2, 0.25) is 0 Å². The van der Waals surface area contributed by atoms with Crippen molar-refractivity contribution in [2.75, 3.05) is 20.2 Å². The first-order chi connectivity index (χ1) is 7.93. The Morgan fingerprint density at radius 1 is 1.24 bits per heavy atom. The largest absolute Gasteiger partial charge is 0.468 e. The molecule has 3 heteroatoms. The van der Waals surface area contributed by atoms with Gasteiger partial charge < -0.3 is 10.1 Å². The second-order valence-corrected chi connectivity index (χ2v) is 6.29. The van der Waals surface area contributed by atoms with Crippen LogP contribution in [0.15, 0.2) is 0 Å². The molecule has 0 aromatic carbocycles. The van der Waals surface area contributed by atoms with Crippen LogP contribution in [0.3, 0.4) is 0 Å². The van der Waals surface area contributed by atoms with Gasteiger partial charge in [-0.2, -0.15) is 0 Å². The zero-order valence-corrected chi connectivity index (χ0v) is 11.7. The van der Waals surface area contributed by atoms with Gasteiger partial charge in [0.25, 0.3) is 0 Å². The molecule has 0 amide bonds. The third-order valence-corrected chi connectivity index (χ3v) is 4.00. The second kappa shape index (κ2) is 6.39. The predicted molar refractivity (Wildman–Crippen MR) is 69.8 cm³/mol. The van der Waals surface area contributed by atoms with Gasteiger partial charge in [0.15, 0.2) is 0 Å². The van der Waals surface area contributed by atoms with E-state index in [0.29, 0.717) is 12.0 Å². The molecule has 100 valence electrons. The molecule has 1 saturated carbocycles. The lowest BCUT2D eigenvalue weighted by atomic mass is 9.70. The van der Waals surface area contributed by atoms with E-state index in [1.807, 2.05) is 0 Å². The molecule has 0 aromatic rings. The highest BCUT2D eigenvalue weighted by molar-refractivity contribution is 5.71. The van der Waals surface area contributed by atoms with Crippen molar-refractivity contribution >= 4 is 5.97 Å². The van der Waals surface area contributed by atoms with Gasteiger partial charge in [-0.25, -0.2) is 0 Å². The fraction of sp³-hybridized carbons (Fsp3) is 0.929. The van der Waals surface area contributed by atoms with Gasteiger partial charge in [0.05, 0.1) is 13.7 Å². The van der Waals surface area contributed by atoms with Gasteiger partial charge in [0.1, 0.15) is 0 Å². The van der Waals surface area contributed by atoms with Crippen molar-refractivity contribution < 1.29 is 9.53 Å². The molecular formula is C14H27NO2. The molecule has 0 bridgehead atoms. The molecule has 1 N–H and O–H groups in total. The Labute approximate surface area is 105 Å². The molecule has 0 atom stereocenters. The van der Waals surface area contributed by atoms with Gasteiger partial charge in [-0.1, -0.05) is 20.8 Å². The first kappa shape index (κ1) is 14.5. The molecule has 1 aliphatic rings. The van der Waals surface area contributed by atoms with Gasteiger partial charge in [0.2, 0.25) is 0 Å². The summed E-state index contributed by atoms with van der Waals surface area (Å²) in [7, 11) is 1.43. The van der Waals surface area contributed by atoms with Crippen LogP contribution in [0.5, 0.6) is 0 Å². The van der Waals surface area contributed by atoms with Gasteiger partial charge in [0, 0.05) is 0 Å². The summed E-state index contributed by atoms with van der Waals surface area (Å²) in [5, 5.41) is 3.18. The van der Waals surface area contributed by atoms with E-state index in [9.17, 15) is 4.79 Å². The summed E-state index contributed by atoms with van der Waals surface area (Å²) >= 11 is 0. The minimum atomic E-state index is -0.173. The Hall–Kier alpha value is -0.570. The second-order valence-electron chi connectivity index (χ2n) is 6.29. The lowest BCUT2D eigenvalue weighted by Crippen LogP contribution is -2.33. The Morgan fingerprint density at radius 2 is 1.82 bits per heavy atom. The Morgan fingerprint density at radius 3 is 2.29 bits per heavy atom. The number of carbonyl (C=O) groups excluding carboxylic acids is 1. The maximum atomic E-state index is 11.0. The van der Waals surface area contributed by atoms with Crippen molar-refractivity contribution in [1.82, 2.24) is 5.32 Å². The van der Waals surface area contributed by atoms with Crippen molar-refractivity contribution in [2.24, 2.45) is 17.3 Å². The molecule has 0 aliphatic heterocycles. The molecule has 0 radical (unpaired) electrons. The first-order valence-corrected chi connectivity index (χ1v) is 6.71. The number of rotatable bonds is 4. The zero-order chi connectivity index (χ0) is 12.9. The zero-order valence-electron chi connectivity index (χ0n) is 11.7. The van der Waals surface area contributed by atoms with Crippen LogP contribution in [0, 0.1) is 17.3 Å². The Kier molecular flexibility index (Phi) is 5.44. The third kappa shape index (κ3) is 5.07. The van der Waals surface area contributed by atoms with Gasteiger partial charge in [-0.15, -0.1) is 0 Å². The van der Waals surface area contributed by atoms with E-state index in [2.05, 4.69) is 30.8 Å². The summed E-state index contributed by atoms with van der Waals surface area (Å²) in [5.41, 5.74) is 0.449. The van der Waals surface area contributed by atoms with Crippen molar-refractivity contribution in [3.8, 4) is 0 Å². The first-order valence-electron chi connectivity index (χ1n) is 6.71. The molecule has 0 spiro atoms. The highest BCUT2D eigenvalue weighted by atomic mass is 16.5. The molecule has 3 nitrogen and oxygen atoms in total. The third-order valence-electron chi connectivity index (χ3n) is 4.00. The number of hydrogen-bond acceptors (Lipinski definition) is 3. The Bertz CT molecular complexity index is 237. The van der Waals surface area contributed by atoms with Crippen LogP contribution >= 0.6 is 0 Å². The van der Waals surface area contributed by atoms with Crippen LogP contribution in [0.25, 0.3) is 0 Å². The molecule has 1 fully saturated rings. The summed E-state index contributed by atoms with van der Waals surface area (Å²) in [6.07, 6.45) is 5.23. The maximum absolute atomic E-state index is 11.0. The summed E-state index contributed by atoms with van der Waals surface area (Å²) < 4.78 is 4.60. The van der Waals surface area contributed by atoms with Crippen LogP contribution in [-0.2, 0) is 9.53 Å². The summed E-state index contributed by atoms with van der Waals surface area (Å²) in [6.45, 7) is 8.32. The minimum absolute atomic E-state index is 0.173. The molecule has 0 heterocycles. The van der Waals surface area contributed by atoms with Crippen molar-refractivity contribution in [1.29, 1.82) is 0 Å². The number of nitrogens with one attached hydrogen (secondary N) is 1. The number of hydrogen-bond donors (Lipinski definition) is 1. The monoisotopic (exact) mass is 241 g/mol. The van der Waals surface area contributed by atoms with Gasteiger partial charge in [-0.3, -0.25) is 4.79 Å². The number of methoxy groups -OCH3 is 1. The maximum Gasteiger partial charge on any atom is 0.319 e. The van der Waals surface area contributed by atoms with E-state index in [0.717, 1.165) is 18.4 Å². The molecule has 0 saturated heterocycles. The minimum Gasteiger partial charge on any atom is -0.468 e. The normalized spacial score (nSPS) is 25.6. The van der Waals surface area contributed by atoms with E-state index in [4.69, 9.17) is 0 Å². The lowest BCUT2D eigenvalue weighted by molar-refractivity contribution is -0.139. The molecule has 1 aliphatic carbocycles. The topological polar surface area (TPSA) is 38.3 Å². The number of ether oxygens (including phenoxy) is 1. The van der Waals surface area contributed by atoms with Crippen molar-refractivity contribution in [3.63, 3.8) is 0 Å². The molecule has 0 aromatic heterocycles. The fourth-order valence-electron chi connectivity index (χ4n) is 2.68. The fourth-order valence-corrected chi connectivity index (χ4v) is 2.68. The summed E-state index contributed by atoms with van der Waals surface area (Å²) in [4.78, 5) is 11.0. The predicted octanol–water partition coefficient (Wildman–Crippen LogP) is 2.60. The number of esters is 1. The van der Waals surface area contributed by atoms with E-state index in [-0.39, 0.29) is 5.97 Å². The quantitative estimate of drug-likeness (QED) is 0.769. The van der Waals surface area contributed by atoms with Crippen LogP contribution in [0.4, 0.5) is 0 Å². The number of carbonyl (C=O) groups is 1. The van der Waals surface area contributed by atoms with E-state index in [1.54, 1.807) is 0 Å². The van der Waals surface area contributed by atoms with Gasteiger partial charge in [-0.05, 0) is 49.5 Å². The average molecular weight is 241 g/mol. The Balaban J connectivity index is 2.17. The molecule has 1 rings (SSSR count). The van der Waals surface area contributed by atoms with E-state index in [1.165, 1.54) is 32.8 Å². The van der Waals surface area contributed by atoms with Crippen LogP contribution < -0.4 is 5.32 Å².